The van der Waals surface area contributed by atoms with E-state index in [0.717, 1.165) is 11.3 Å². The van der Waals surface area contributed by atoms with Crippen molar-refractivity contribution in [3.05, 3.63) is 65.2 Å². The van der Waals surface area contributed by atoms with Gasteiger partial charge in [0.15, 0.2) is 0 Å². The first-order valence-corrected chi connectivity index (χ1v) is 7.04. The van der Waals surface area contributed by atoms with Crippen molar-refractivity contribution in [2.45, 2.75) is 25.9 Å². The quantitative estimate of drug-likeness (QED) is 0.901. The molecule has 0 saturated carbocycles. The highest BCUT2D eigenvalue weighted by Crippen LogP contribution is 2.22. The van der Waals surface area contributed by atoms with Gasteiger partial charge in [0.05, 0.1) is 18.7 Å². The van der Waals surface area contributed by atoms with E-state index in [4.69, 9.17) is 10.00 Å². The minimum atomic E-state index is 0.166. The average Bonchev–Trinajstić information content (AvgIpc) is 2.54. The zero-order chi connectivity index (χ0) is 15.2. The van der Waals surface area contributed by atoms with E-state index < -0.39 is 0 Å². The first kappa shape index (κ1) is 15.1. The van der Waals surface area contributed by atoms with Crippen LogP contribution in [0.4, 0.5) is 0 Å². The van der Waals surface area contributed by atoms with E-state index >= 15 is 0 Å². The maximum Gasteiger partial charge on any atom is 0.119 e. The van der Waals surface area contributed by atoms with Gasteiger partial charge in [-0.1, -0.05) is 24.3 Å². The Morgan fingerprint density at radius 2 is 1.62 bits per heavy atom. The Labute approximate surface area is 126 Å². The number of hydrogen-bond donors (Lipinski definition) is 1. The second-order valence-corrected chi connectivity index (χ2v) is 5.12. The van der Waals surface area contributed by atoms with Gasteiger partial charge in [-0.2, -0.15) is 5.26 Å². The molecule has 2 aromatic carbocycles. The summed E-state index contributed by atoms with van der Waals surface area (Å²) in [6, 6.07) is 18.3. The first-order valence-electron chi connectivity index (χ1n) is 7.04. The van der Waals surface area contributed by atoms with E-state index in [9.17, 15) is 0 Å². The van der Waals surface area contributed by atoms with Gasteiger partial charge < -0.3 is 10.1 Å². The van der Waals surface area contributed by atoms with Crippen molar-refractivity contribution in [3.8, 4) is 11.8 Å². The highest BCUT2D eigenvalue weighted by Gasteiger charge is 2.12. The van der Waals surface area contributed by atoms with Crippen molar-refractivity contribution in [2.75, 3.05) is 7.11 Å². The number of benzene rings is 2. The fraction of sp³-hybridized carbons (Fsp3) is 0.278. The van der Waals surface area contributed by atoms with Crippen molar-refractivity contribution in [1.29, 1.82) is 5.26 Å². The lowest BCUT2D eigenvalue weighted by atomic mass is 10.0. The Morgan fingerprint density at radius 1 is 1.00 bits per heavy atom. The van der Waals surface area contributed by atoms with Gasteiger partial charge >= 0.3 is 0 Å². The summed E-state index contributed by atoms with van der Waals surface area (Å²) in [4.78, 5) is 0. The Hall–Kier alpha value is -2.31. The minimum Gasteiger partial charge on any atom is -0.497 e. The van der Waals surface area contributed by atoms with Crippen molar-refractivity contribution in [3.63, 3.8) is 0 Å². The monoisotopic (exact) mass is 280 g/mol. The number of nitriles is 1. The lowest BCUT2D eigenvalue weighted by Crippen LogP contribution is -2.22. The van der Waals surface area contributed by atoms with Crippen molar-refractivity contribution < 1.29 is 4.74 Å². The second-order valence-electron chi connectivity index (χ2n) is 5.12. The molecule has 0 bridgehead atoms. The van der Waals surface area contributed by atoms with Crippen LogP contribution in [0.2, 0.25) is 0 Å². The third-order valence-corrected chi connectivity index (χ3v) is 3.61. The van der Waals surface area contributed by atoms with Gasteiger partial charge in [0.2, 0.25) is 0 Å². The Balaban J connectivity index is 2.10. The summed E-state index contributed by atoms with van der Waals surface area (Å²) < 4.78 is 5.26. The van der Waals surface area contributed by atoms with Crippen LogP contribution in [0, 0.1) is 11.3 Å². The van der Waals surface area contributed by atoms with E-state index in [1.165, 1.54) is 5.56 Å². The predicted octanol–water partition coefficient (Wildman–Crippen LogP) is 3.98. The third kappa shape index (κ3) is 3.84. The van der Waals surface area contributed by atoms with Crippen molar-refractivity contribution in [2.24, 2.45) is 0 Å². The molecule has 0 aromatic heterocycles. The van der Waals surface area contributed by atoms with Crippen LogP contribution in [0.1, 0.15) is 42.6 Å². The number of hydrogen-bond acceptors (Lipinski definition) is 3. The van der Waals surface area contributed by atoms with Crippen LogP contribution in [-0.2, 0) is 0 Å². The number of nitrogens with one attached hydrogen (secondary N) is 1. The van der Waals surface area contributed by atoms with Gasteiger partial charge in [-0.15, -0.1) is 0 Å². The Kier molecular flexibility index (Phi) is 4.97. The maximum atomic E-state index is 8.98. The lowest BCUT2D eigenvalue weighted by molar-refractivity contribution is 0.412. The van der Waals surface area contributed by atoms with Crippen LogP contribution in [0.3, 0.4) is 0 Å². The second kappa shape index (κ2) is 6.92. The highest BCUT2D eigenvalue weighted by atomic mass is 16.5. The van der Waals surface area contributed by atoms with Gasteiger partial charge in [-0.3, -0.25) is 0 Å². The van der Waals surface area contributed by atoms with E-state index in [1.54, 1.807) is 7.11 Å². The maximum absolute atomic E-state index is 8.98. The lowest BCUT2D eigenvalue weighted by Gasteiger charge is -2.21. The summed E-state index contributed by atoms with van der Waals surface area (Å²) in [7, 11) is 1.67. The molecule has 0 heterocycles. The molecule has 0 fully saturated rings. The molecule has 2 unspecified atom stereocenters. The molecule has 0 radical (unpaired) electrons. The molecule has 0 saturated heterocycles. The minimum absolute atomic E-state index is 0.166. The third-order valence-electron chi connectivity index (χ3n) is 3.61. The summed E-state index contributed by atoms with van der Waals surface area (Å²) >= 11 is 0. The standard InChI is InChI=1S/C18H20N2O/c1-13(16-7-4-6-15(10-16)12-19)20-14(2)17-8-5-9-18(11-17)21-3/h4-11,13-14,20H,1-3H3. The normalized spacial score (nSPS) is 13.2. The highest BCUT2D eigenvalue weighted by molar-refractivity contribution is 5.34. The van der Waals surface area contributed by atoms with Crippen LogP contribution in [0.5, 0.6) is 5.75 Å². The van der Waals surface area contributed by atoms with Crippen LogP contribution in [0.25, 0.3) is 0 Å². The number of ether oxygens (including phenoxy) is 1. The molecule has 2 rings (SSSR count). The largest absolute Gasteiger partial charge is 0.497 e. The van der Waals surface area contributed by atoms with Gasteiger partial charge in [0.1, 0.15) is 5.75 Å². The molecular weight excluding hydrogens is 260 g/mol. The van der Waals surface area contributed by atoms with E-state index in [1.807, 2.05) is 42.5 Å². The van der Waals surface area contributed by atoms with Gasteiger partial charge in [0, 0.05) is 12.1 Å². The van der Waals surface area contributed by atoms with E-state index in [-0.39, 0.29) is 12.1 Å². The van der Waals surface area contributed by atoms with E-state index in [2.05, 4.69) is 31.3 Å². The topological polar surface area (TPSA) is 45.0 Å². The van der Waals surface area contributed by atoms with Crippen LogP contribution in [-0.4, -0.2) is 7.11 Å². The predicted molar refractivity (Wildman–Crippen MR) is 84.1 cm³/mol. The van der Waals surface area contributed by atoms with Crippen LogP contribution < -0.4 is 10.1 Å². The number of rotatable bonds is 5. The number of methoxy groups -OCH3 is 1. The molecule has 0 amide bonds. The van der Waals surface area contributed by atoms with E-state index in [0.29, 0.717) is 5.56 Å². The Bertz CT molecular complexity index is 646. The zero-order valence-corrected chi connectivity index (χ0v) is 12.6. The molecule has 0 aliphatic carbocycles. The molecule has 2 atom stereocenters. The SMILES string of the molecule is COc1cccc(C(C)NC(C)c2cccc(C#N)c2)c1. The smallest absolute Gasteiger partial charge is 0.119 e. The summed E-state index contributed by atoms with van der Waals surface area (Å²) in [6.45, 7) is 4.23. The molecule has 0 spiro atoms. The number of nitrogens with zero attached hydrogens (tertiary/aromatic N) is 1. The average molecular weight is 280 g/mol. The fourth-order valence-electron chi connectivity index (χ4n) is 2.36. The van der Waals surface area contributed by atoms with Crippen molar-refractivity contribution >= 4 is 0 Å². The molecular formula is C18H20N2O. The van der Waals surface area contributed by atoms with Crippen molar-refractivity contribution in [1.82, 2.24) is 5.32 Å². The Morgan fingerprint density at radius 3 is 2.24 bits per heavy atom. The molecule has 2 aromatic rings. The molecule has 108 valence electrons. The fourth-order valence-corrected chi connectivity index (χ4v) is 2.36. The first-order chi connectivity index (χ1) is 10.1. The zero-order valence-electron chi connectivity index (χ0n) is 12.6. The summed E-state index contributed by atoms with van der Waals surface area (Å²) in [6.07, 6.45) is 0. The van der Waals surface area contributed by atoms with Crippen LogP contribution >= 0.6 is 0 Å². The molecule has 0 aliphatic heterocycles. The molecule has 21 heavy (non-hydrogen) atoms. The van der Waals surface area contributed by atoms with Gasteiger partial charge in [-0.25, -0.2) is 0 Å². The molecule has 0 aliphatic rings. The van der Waals surface area contributed by atoms with Gasteiger partial charge in [-0.05, 0) is 49.2 Å². The molecule has 3 nitrogen and oxygen atoms in total. The van der Waals surface area contributed by atoms with Gasteiger partial charge in [0.25, 0.3) is 0 Å². The molecule has 3 heteroatoms. The summed E-state index contributed by atoms with van der Waals surface area (Å²) in [5.74, 6) is 0.861. The molecule has 1 N–H and O–H groups in total. The van der Waals surface area contributed by atoms with Crippen LogP contribution in [0.15, 0.2) is 48.5 Å². The summed E-state index contributed by atoms with van der Waals surface area (Å²) in [5, 5.41) is 12.5. The summed E-state index contributed by atoms with van der Waals surface area (Å²) in [5.41, 5.74) is 2.98.